The maximum Gasteiger partial charge on any atom is 0.322 e. The fourth-order valence-electron chi connectivity index (χ4n) is 1.90. The van der Waals surface area contributed by atoms with Gasteiger partial charge >= 0.3 is 6.01 Å². The average Bonchev–Trinajstić information content (AvgIpc) is 2.53. The number of halogens is 1. The molecule has 0 aliphatic heterocycles. The summed E-state index contributed by atoms with van der Waals surface area (Å²) in [7, 11) is 4.99. The van der Waals surface area contributed by atoms with E-state index < -0.39 is 0 Å². The maximum absolute atomic E-state index is 13.9. The van der Waals surface area contributed by atoms with Crippen molar-refractivity contribution in [3.63, 3.8) is 0 Å². The van der Waals surface area contributed by atoms with Gasteiger partial charge in [0, 0.05) is 19.7 Å². The lowest BCUT2D eigenvalue weighted by molar-refractivity contribution is 0.378. The number of anilines is 2. The molecule has 0 bridgehead atoms. The van der Waals surface area contributed by atoms with Crippen LogP contribution in [0, 0.1) is 5.82 Å². The highest BCUT2D eigenvalue weighted by molar-refractivity contribution is 5.40. The van der Waals surface area contributed by atoms with Crippen LogP contribution in [-0.2, 0) is 0 Å². The summed E-state index contributed by atoms with van der Waals surface area (Å²) in [6, 6.07) is 6.62. The number of hydrogen-bond acceptors (Lipinski definition) is 6. The van der Waals surface area contributed by atoms with Gasteiger partial charge < -0.3 is 15.0 Å². The topological polar surface area (TPSA) is 63.2 Å². The van der Waals surface area contributed by atoms with Crippen molar-refractivity contribution in [1.29, 1.82) is 0 Å². The van der Waals surface area contributed by atoms with Gasteiger partial charge in [-0.3, -0.25) is 0 Å². The molecule has 1 unspecified atom stereocenters. The second-order valence-electron chi connectivity index (χ2n) is 4.50. The fourth-order valence-corrected chi connectivity index (χ4v) is 1.90. The summed E-state index contributed by atoms with van der Waals surface area (Å²) in [4.78, 5) is 14.3. The molecule has 1 N–H and O–H groups in total. The third-order valence-corrected chi connectivity index (χ3v) is 3.26. The van der Waals surface area contributed by atoms with E-state index in [0.29, 0.717) is 17.5 Å². The number of nitrogens with zero attached hydrogens (tertiary/aromatic N) is 4. The van der Waals surface area contributed by atoms with Crippen molar-refractivity contribution < 1.29 is 9.13 Å². The lowest BCUT2D eigenvalue weighted by atomic mass is 10.1. The van der Waals surface area contributed by atoms with Crippen LogP contribution in [0.1, 0.15) is 18.5 Å². The Balaban J connectivity index is 2.35. The van der Waals surface area contributed by atoms with Gasteiger partial charge in [-0.15, -0.1) is 0 Å². The van der Waals surface area contributed by atoms with Crippen LogP contribution in [0.4, 0.5) is 16.3 Å². The van der Waals surface area contributed by atoms with E-state index in [1.807, 2.05) is 6.92 Å². The van der Waals surface area contributed by atoms with Gasteiger partial charge in [-0.2, -0.15) is 15.0 Å². The van der Waals surface area contributed by atoms with Gasteiger partial charge in [0.05, 0.1) is 13.2 Å². The smallest absolute Gasteiger partial charge is 0.322 e. The first kappa shape index (κ1) is 15.0. The SMILES string of the molecule is CNc1nc(OC)nc(N(C)C(C)c2ccccc2F)n1. The van der Waals surface area contributed by atoms with Gasteiger partial charge in [-0.05, 0) is 13.0 Å². The van der Waals surface area contributed by atoms with Gasteiger partial charge in [0.15, 0.2) is 0 Å². The molecule has 0 saturated heterocycles. The van der Waals surface area contributed by atoms with Crippen LogP contribution in [0.5, 0.6) is 6.01 Å². The van der Waals surface area contributed by atoms with E-state index in [0.717, 1.165) is 0 Å². The number of ether oxygens (including phenoxy) is 1. The summed E-state index contributed by atoms with van der Waals surface area (Å²) in [5.41, 5.74) is 0.574. The number of methoxy groups -OCH3 is 1. The molecule has 7 heteroatoms. The van der Waals surface area contributed by atoms with E-state index in [-0.39, 0.29) is 17.9 Å². The average molecular weight is 291 g/mol. The van der Waals surface area contributed by atoms with E-state index in [2.05, 4.69) is 20.3 Å². The number of aromatic nitrogens is 3. The Morgan fingerprint density at radius 3 is 2.57 bits per heavy atom. The number of benzene rings is 1. The molecule has 112 valence electrons. The zero-order valence-electron chi connectivity index (χ0n) is 12.5. The Hall–Kier alpha value is -2.44. The Bertz CT molecular complexity index is 600. The van der Waals surface area contributed by atoms with Crippen molar-refractivity contribution in [2.75, 3.05) is 31.4 Å². The molecule has 0 aliphatic rings. The van der Waals surface area contributed by atoms with Crippen LogP contribution >= 0.6 is 0 Å². The van der Waals surface area contributed by atoms with Crippen molar-refractivity contribution in [1.82, 2.24) is 15.0 Å². The molecule has 2 rings (SSSR count). The summed E-state index contributed by atoms with van der Waals surface area (Å²) in [6.45, 7) is 1.88. The van der Waals surface area contributed by atoms with Crippen molar-refractivity contribution >= 4 is 11.9 Å². The fraction of sp³-hybridized carbons (Fsp3) is 0.357. The molecular weight excluding hydrogens is 273 g/mol. The van der Waals surface area contributed by atoms with Gasteiger partial charge in [-0.1, -0.05) is 18.2 Å². The Kier molecular flexibility index (Phi) is 4.52. The van der Waals surface area contributed by atoms with E-state index >= 15 is 0 Å². The molecule has 0 amide bonds. The summed E-state index contributed by atoms with van der Waals surface area (Å²) < 4.78 is 18.9. The minimum atomic E-state index is -0.258. The molecule has 0 aliphatic carbocycles. The van der Waals surface area contributed by atoms with Crippen molar-refractivity contribution in [2.24, 2.45) is 0 Å². The van der Waals surface area contributed by atoms with Crippen LogP contribution in [0.3, 0.4) is 0 Å². The summed E-state index contributed by atoms with van der Waals surface area (Å²) in [5.74, 6) is 0.540. The minimum absolute atomic E-state index is 0.205. The standard InChI is InChI=1S/C14H18FN5O/c1-9(10-7-5-6-8-11(10)15)20(3)13-17-12(16-2)18-14(19-13)21-4/h5-9H,1-4H3,(H,16,17,18,19). The molecule has 0 saturated carbocycles. The first-order valence-corrected chi connectivity index (χ1v) is 6.52. The summed E-state index contributed by atoms with van der Waals surface area (Å²) in [5, 5.41) is 2.84. The van der Waals surface area contributed by atoms with Crippen molar-refractivity contribution in [3.05, 3.63) is 35.6 Å². The number of hydrogen-bond donors (Lipinski definition) is 1. The third kappa shape index (κ3) is 3.18. The van der Waals surface area contributed by atoms with E-state index in [1.54, 1.807) is 37.2 Å². The number of rotatable bonds is 5. The lowest BCUT2D eigenvalue weighted by Gasteiger charge is -2.25. The first-order valence-electron chi connectivity index (χ1n) is 6.52. The highest BCUT2D eigenvalue weighted by atomic mass is 19.1. The molecular formula is C14H18FN5O. The van der Waals surface area contributed by atoms with E-state index in [1.165, 1.54) is 13.2 Å². The summed E-state index contributed by atoms with van der Waals surface area (Å²) in [6.07, 6.45) is 0. The molecule has 0 fully saturated rings. The van der Waals surface area contributed by atoms with Crippen LogP contribution < -0.4 is 15.0 Å². The van der Waals surface area contributed by atoms with Crippen LogP contribution in [-0.4, -0.2) is 36.2 Å². The van der Waals surface area contributed by atoms with E-state index in [9.17, 15) is 4.39 Å². The maximum atomic E-state index is 13.9. The van der Waals surface area contributed by atoms with Crippen LogP contribution in [0.25, 0.3) is 0 Å². The zero-order chi connectivity index (χ0) is 15.4. The molecule has 1 aromatic heterocycles. The highest BCUT2D eigenvalue weighted by Crippen LogP contribution is 2.25. The Morgan fingerprint density at radius 2 is 1.95 bits per heavy atom. The molecule has 6 nitrogen and oxygen atoms in total. The summed E-state index contributed by atoms with van der Waals surface area (Å²) >= 11 is 0. The van der Waals surface area contributed by atoms with Crippen LogP contribution in [0.15, 0.2) is 24.3 Å². The quantitative estimate of drug-likeness (QED) is 0.911. The molecule has 1 aromatic carbocycles. The molecule has 2 aromatic rings. The molecule has 1 atom stereocenters. The van der Waals surface area contributed by atoms with Gasteiger partial charge in [0.2, 0.25) is 11.9 Å². The normalized spacial score (nSPS) is 11.9. The largest absolute Gasteiger partial charge is 0.467 e. The third-order valence-electron chi connectivity index (χ3n) is 3.26. The van der Waals surface area contributed by atoms with Gasteiger partial charge in [0.1, 0.15) is 5.82 Å². The molecule has 0 spiro atoms. The van der Waals surface area contributed by atoms with Crippen molar-refractivity contribution in [2.45, 2.75) is 13.0 Å². The molecule has 1 heterocycles. The monoisotopic (exact) mass is 291 g/mol. The van der Waals surface area contributed by atoms with Gasteiger partial charge in [-0.25, -0.2) is 4.39 Å². The number of nitrogens with one attached hydrogen (secondary N) is 1. The lowest BCUT2D eigenvalue weighted by Crippen LogP contribution is -2.25. The van der Waals surface area contributed by atoms with Crippen molar-refractivity contribution in [3.8, 4) is 6.01 Å². The second-order valence-corrected chi connectivity index (χ2v) is 4.50. The highest BCUT2D eigenvalue weighted by Gasteiger charge is 2.19. The minimum Gasteiger partial charge on any atom is -0.467 e. The van der Waals surface area contributed by atoms with Gasteiger partial charge in [0.25, 0.3) is 0 Å². The molecule has 21 heavy (non-hydrogen) atoms. The molecule has 0 radical (unpaired) electrons. The predicted octanol–water partition coefficient (Wildman–Crippen LogP) is 2.26. The second kappa shape index (κ2) is 6.34. The first-order chi connectivity index (χ1) is 10.1. The Morgan fingerprint density at radius 1 is 1.24 bits per heavy atom. The Labute approximate surface area is 123 Å². The zero-order valence-corrected chi connectivity index (χ0v) is 12.5. The van der Waals surface area contributed by atoms with Crippen LogP contribution in [0.2, 0.25) is 0 Å². The predicted molar refractivity (Wildman–Crippen MR) is 79.1 cm³/mol. The van der Waals surface area contributed by atoms with E-state index in [4.69, 9.17) is 4.74 Å².